The molecule has 2 aromatic rings. The molecule has 0 heterocycles. The maximum atomic E-state index is 13.7. The number of primary amides is 1. The molecular formula is C15H12F3NO3. The van der Waals surface area contributed by atoms with Crippen molar-refractivity contribution in [1.29, 1.82) is 0 Å². The van der Waals surface area contributed by atoms with Crippen LogP contribution in [-0.4, -0.2) is 13.0 Å². The van der Waals surface area contributed by atoms with Crippen LogP contribution < -0.4 is 15.2 Å². The molecule has 22 heavy (non-hydrogen) atoms. The molecule has 0 atom stereocenters. The van der Waals surface area contributed by atoms with E-state index in [-0.39, 0.29) is 6.61 Å². The first-order valence-corrected chi connectivity index (χ1v) is 6.17. The van der Waals surface area contributed by atoms with Crippen LogP contribution in [0.15, 0.2) is 30.3 Å². The van der Waals surface area contributed by atoms with Crippen molar-refractivity contribution in [2.75, 3.05) is 7.11 Å². The number of halogens is 3. The van der Waals surface area contributed by atoms with Gasteiger partial charge >= 0.3 is 0 Å². The Morgan fingerprint density at radius 2 is 1.77 bits per heavy atom. The highest BCUT2D eigenvalue weighted by atomic mass is 19.2. The number of carbonyl (C=O) groups excluding carboxylic acids is 1. The van der Waals surface area contributed by atoms with E-state index in [0.717, 1.165) is 0 Å². The van der Waals surface area contributed by atoms with Crippen molar-refractivity contribution in [2.45, 2.75) is 6.61 Å². The first-order valence-electron chi connectivity index (χ1n) is 6.17. The molecule has 0 unspecified atom stereocenters. The monoisotopic (exact) mass is 311 g/mol. The average Bonchev–Trinajstić information content (AvgIpc) is 2.51. The average molecular weight is 311 g/mol. The number of ether oxygens (including phenoxy) is 2. The van der Waals surface area contributed by atoms with E-state index in [1.165, 1.54) is 7.11 Å². The Kier molecular flexibility index (Phi) is 4.55. The Hall–Kier alpha value is -2.70. The second-order valence-corrected chi connectivity index (χ2v) is 4.36. The van der Waals surface area contributed by atoms with Gasteiger partial charge in [-0.25, -0.2) is 8.78 Å². The molecule has 0 fully saturated rings. The summed E-state index contributed by atoms with van der Waals surface area (Å²) in [4.78, 5) is 10.9. The first kappa shape index (κ1) is 15.7. The lowest BCUT2D eigenvalue weighted by atomic mass is 10.1. The summed E-state index contributed by atoms with van der Waals surface area (Å²) in [5.74, 6) is -5.91. The standard InChI is InChI=1S/C15H12F3NO3/c1-21-9-4-2-8(3-5-9)7-22-14-11(16)6-10(15(19)20)12(17)13(14)18/h2-6H,7H2,1H3,(H2,19,20). The highest BCUT2D eigenvalue weighted by molar-refractivity contribution is 5.93. The van der Waals surface area contributed by atoms with Gasteiger partial charge in [0.05, 0.1) is 12.7 Å². The number of benzene rings is 2. The van der Waals surface area contributed by atoms with Crippen molar-refractivity contribution in [2.24, 2.45) is 5.73 Å². The van der Waals surface area contributed by atoms with E-state index in [0.29, 0.717) is 17.4 Å². The molecule has 0 aromatic heterocycles. The Morgan fingerprint density at radius 3 is 2.32 bits per heavy atom. The lowest BCUT2D eigenvalue weighted by molar-refractivity contribution is 0.0994. The van der Waals surface area contributed by atoms with Crippen molar-refractivity contribution in [3.8, 4) is 11.5 Å². The molecule has 0 bridgehead atoms. The molecule has 7 heteroatoms. The van der Waals surface area contributed by atoms with Crippen molar-refractivity contribution in [3.05, 3.63) is 58.9 Å². The fraction of sp³-hybridized carbons (Fsp3) is 0.133. The number of amides is 1. The molecule has 0 aliphatic carbocycles. The third-order valence-electron chi connectivity index (χ3n) is 2.92. The summed E-state index contributed by atoms with van der Waals surface area (Å²) >= 11 is 0. The van der Waals surface area contributed by atoms with Gasteiger partial charge in [0.1, 0.15) is 12.4 Å². The molecule has 0 aliphatic rings. The highest BCUT2D eigenvalue weighted by Crippen LogP contribution is 2.27. The first-order chi connectivity index (χ1) is 10.4. The van der Waals surface area contributed by atoms with E-state index in [1.807, 2.05) is 0 Å². The predicted molar refractivity (Wildman–Crippen MR) is 72.2 cm³/mol. The number of methoxy groups -OCH3 is 1. The van der Waals surface area contributed by atoms with E-state index >= 15 is 0 Å². The third-order valence-corrected chi connectivity index (χ3v) is 2.92. The zero-order chi connectivity index (χ0) is 16.3. The zero-order valence-electron chi connectivity index (χ0n) is 11.5. The van der Waals surface area contributed by atoms with Gasteiger partial charge in [0.2, 0.25) is 5.82 Å². The van der Waals surface area contributed by atoms with Gasteiger partial charge in [-0.2, -0.15) is 4.39 Å². The topological polar surface area (TPSA) is 61.6 Å². The molecule has 2 N–H and O–H groups in total. The molecule has 1 amide bonds. The van der Waals surface area contributed by atoms with Crippen LogP contribution in [0.1, 0.15) is 15.9 Å². The maximum absolute atomic E-state index is 13.7. The zero-order valence-corrected chi connectivity index (χ0v) is 11.5. The minimum Gasteiger partial charge on any atom is -0.497 e. The Labute approximate surface area is 124 Å². The van der Waals surface area contributed by atoms with Crippen LogP contribution in [0.2, 0.25) is 0 Å². The lowest BCUT2D eigenvalue weighted by Crippen LogP contribution is -2.15. The summed E-state index contributed by atoms with van der Waals surface area (Å²) < 4.78 is 51.0. The SMILES string of the molecule is COc1ccc(COc2c(F)cc(C(N)=O)c(F)c2F)cc1. The van der Waals surface area contributed by atoms with Crippen molar-refractivity contribution >= 4 is 5.91 Å². The van der Waals surface area contributed by atoms with Crippen molar-refractivity contribution < 1.29 is 27.4 Å². The molecule has 0 radical (unpaired) electrons. The van der Waals surface area contributed by atoms with E-state index in [2.05, 4.69) is 0 Å². The van der Waals surface area contributed by atoms with Crippen LogP contribution in [0.25, 0.3) is 0 Å². The minimum absolute atomic E-state index is 0.187. The second-order valence-electron chi connectivity index (χ2n) is 4.36. The number of carbonyl (C=O) groups is 1. The van der Waals surface area contributed by atoms with Gasteiger partial charge in [-0.1, -0.05) is 12.1 Å². The van der Waals surface area contributed by atoms with Gasteiger partial charge in [-0.3, -0.25) is 4.79 Å². The molecule has 2 aromatic carbocycles. The summed E-state index contributed by atoms with van der Waals surface area (Å²) in [6.07, 6.45) is 0. The fourth-order valence-corrected chi connectivity index (χ4v) is 1.77. The van der Waals surface area contributed by atoms with E-state index in [9.17, 15) is 18.0 Å². The van der Waals surface area contributed by atoms with Gasteiger partial charge in [-0.05, 0) is 23.8 Å². The number of hydrogen-bond donors (Lipinski definition) is 1. The number of rotatable bonds is 5. The normalized spacial score (nSPS) is 10.4. The minimum atomic E-state index is -1.60. The predicted octanol–water partition coefficient (Wildman–Crippen LogP) is 2.79. The molecule has 0 saturated heterocycles. The second kappa shape index (κ2) is 6.38. The van der Waals surface area contributed by atoms with Gasteiger partial charge < -0.3 is 15.2 Å². The summed E-state index contributed by atoms with van der Waals surface area (Å²) in [5.41, 5.74) is 4.56. The van der Waals surface area contributed by atoms with Crippen molar-refractivity contribution in [1.82, 2.24) is 0 Å². The smallest absolute Gasteiger partial charge is 0.251 e. The lowest BCUT2D eigenvalue weighted by Gasteiger charge is -2.11. The molecule has 4 nitrogen and oxygen atoms in total. The van der Waals surface area contributed by atoms with Crippen LogP contribution in [0, 0.1) is 17.5 Å². The molecule has 0 aliphatic heterocycles. The summed E-state index contributed by atoms with van der Waals surface area (Å²) in [5, 5.41) is 0. The summed E-state index contributed by atoms with van der Waals surface area (Å²) in [6, 6.07) is 7.04. The fourth-order valence-electron chi connectivity index (χ4n) is 1.77. The summed E-state index contributed by atoms with van der Waals surface area (Å²) in [7, 11) is 1.50. The molecular weight excluding hydrogens is 299 g/mol. The highest BCUT2D eigenvalue weighted by Gasteiger charge is 2.22. The van der Waals surface area contributed by atoms with Crippen LogP contribution in [0.3, 0.4) is 0 Å². The maximum Gasteiger partial charge on any atom is 0.251 e. The van der Waals surface area contributed by atoms with E-state index in [1.54, 1.807) is 24.3 Å². The van der Waals surface area contributed by atoms with Crippen LogP contribution in [-0.2, 0) is 6.61 Å². The van der Waals surface area contributed by atoms with Crippen molar-refractivity contribution in [3.63, 3.8) is 0 Å². The Morgan fingerprint density at radius 1 is 1.14 bits per heavy atom. The quantitative estimate of drug-likeness (QED) is 0.864. The van der Waals surface area contributed by atoms with Gasteiger partial charge in [0.25, 0.3) is 5.91 Å². The largest absolute Gasteiger partial charge is 0.497 e. The number of nitrogens with two attached hydrogens (primary N) is 1. The molecule has 116 valence electrons. The van der Waals surface area contributed by atoms with Gasteiger partial charge in [0.15, 0.2) is 17.4 Å². The third kappa shape index (κ3) is 3.13. The molecule has 2 rings (SSSR count). The van der Waals surface area contributed by atoms with Gasteiger partial charge in [-0.15, -0.1) is 0 Å². The molecule has 0 saturated carbocycles. The Bertz CT molecular complexity index is 702. The Balaban J connectivity index is 2.22. The van der Waals surface area contributed by atoms with Crippen LogP contribution in [0.4, 0.5) is 13.2 Å². The van der Waals surface area contributed by atoms with Gasteiger partial charge in [0, 0.05) is 0 Å². The summed E-state index contributed by atoms with van der Waals surface area (Å²) in [6.45, 7) is -0.187. The number of hydrogen-bond acceptors (Lipinski definition) is 3. The van der Waals surface area contributed by atoms with E-state index < -0.39 is 34.7 Å². The van der Waals surface area contributed by atoms with Crippen LogP contribution >= 0.6 is 0 Å². The molecule has 0 spiro atoms. The van der Waals surface area contributed by atoms with Crippen LogP contribution in [0.5, 0.6) is 11.5 Å². The van der Waals surface area contributed by atoms with E-state index in [4.69, 9.17) is 15.2 Å².